The average Bonchev–Trinajstić information content (AvgIpc) is 2.93. The molecule has 1 N–H and O–H groups in total. The molecule has 0 saturated heterocycles. The summed E-state index contributed by atoms with van der Waals surface area (Å²) in [7, 11) is 0. The van der Waals surface area contributed by atoms with Gasteiger partial charge in [0.25, 0.3) is 0 Å². The van der Waals surface area contributed by atoms with Crippen LogP contribution in [-0.4, -0.2) is 14.7 Å². The van der Waals surface area contributed by atoms with Gasteiger partial charge in [0.05, 0.1) is 11.8 Å². The molecule has 1 atom stereocenters. The van der Waals surface area contributed by atoms with E-state index in [9.17, 15) is 5.11 Å². The van der Waals surface area contributed by atoms with E-state index >= 15 is 0 Å². The maximum absolute atomic E-state index is 9.87. The van der Waals surface area contributed by atoms with Crippen molar-refractivity contribution in [3.05, 3.63) is 16.1 Å². The van der Waals surface area contributed by atoms with Crippen molar-refractivity contribution in [2.75, 3.05) is 0 Å². The van der Waals surface area contributed by atoms with Gasteiger partial charge in [-0.15, -0.1) is 0 Å². The molecule has 0 bridgehead atoms. The molecular weight excluding hydrogens is 244 g/mol. The second kappa shape index (κ2) is 3.07. The molecular formula is C10H13BrN2O. The molecule has 0 aromatic carbocycles. The van der Waals surface area contributed by atoms with Crippen LogP contribution in [0.2, 0.25) is 0 Å². The summed E-state index contributed by atoms with van der Waals surface area (Å²) in [4.78, 5) is 4.52. The van der Waals surface area contributed by atoms with Gasteiger partial charge in [0.1, 0.15) is 10.4 Å². The van der Waals surface area contributed by atoms with E-state index in [1.807, 2.05) is 0 Å². The maximum Gasteiger partial charge on any atom is 0.130 e. The van der Waals surface area contributed by atoms with Crippen molar-refractivity contribution in [1.29, 1.82) is 0 Å². The Kier molecular flexibility index (Phi) is 1.96. The number of aliphatic hydroxyl groups is 1. The molecule has 0 amide bonds. The second-order valence-electron chi connectivity index (χ2n) is 4.23. The summed E-state index contributed by atoms with van der Waals surface area (Å²) in [5, 5.41) is 9.87. The van der Waals surface area contributed by atoms with Crippen LogP contribution in [0.4, 0.5) is 0 Å². The highest BCUT2D eigenvalue weighted by Gasteiger charge is 2.33. The smallest absolute Gasteiger partial charge is 0.130 e. The number of aliphatic hydroxyl groups excluding tert-OH is 1. The van der Waals surface area contributed by atoms with E-state index in [1.54, 1.807) is 0 Å². The Balaban J connectivity index is 2.11. The lowest BCUT2D eigenvalue weighted by atomic mass is 10.1. The Labute approximate surface area is 91.3 Å². The zero-order chi connectivity index (χ0) is 9.71. The number of halogens is 1. The van der Waals surface area contributed by atoms with Gasteiger partial charge in [-0.3, -0.25) is 0 Å². The molecule has 14 heavy (non-hydrogen) atoms. The third-order valence-corrected chi connectivity index (χ3v) is 3.69. The maximum atomic E-state index is 9.87. The van der Waals surface area contributed by atoms with Crippen molar-refractivity contribution in [2.45, 2.75) is 44.2 Å². The van der Waals surface area contributed by atoms with Crippen LogP contribution in [0.3, 0.4) is 0 Å². The third-order valence-electron chi connectivity index (χ3n) is 3.11. The van der Waals surface area contributed by atoms with Crippen LogP contribution in [0.5, 0.6) is 0 Å². The summed E-state index contributed by atoms with van der Waals surface area (Å²) in [5.74, 6) is 1.84. The summed E-state index contributed by atoms with van der Waals surface area (Å²) in [5.41, 5.74) is 0.998. The number of fused-ring (bicyclic) bond motifs is 1. The molecule has 0 radical (unpaired) electrons. The monoisotopic (exact) mass is 256 g/mol. The molecule has 1 aliphatic carbocycles. The van der Waals surface area contributed by atoms with Crippen LogP contribution < -0.4 is 0 Å². The lowest BCUT2D eigenvalue weighted by Crippen LogP contribution is -2.16. The fourth-order valence-corrected chi connectivity index (χ4v) is 2.90. The minimum absolute atomic E-state index is 0.321. The zero-order valence-corrected chi connectivity index (χ0v) is 9.50. The molecule has 3 nitrogen and oxygen atoms in total. The van der Waals surface area contributed by atoms with Gasteiger partial charge in [0, 0.05) is 12.5 Å². The molecule has 2 heterocycles. The molecule has 1 saturated carbocycles. The highest BCUT2D eigenvalue weighted by Crippen LogP contribution is 2.43. The van der Waals surface area contributed by atoms with Crippen LogP contribution in [0.15, 0.2) is 4.60 Å². The molecule has 1 aromatic heterocycles. The van der Waals surface area contributed by atoms with Crippen molar-refractivity contribution < 1.29 is 5.11 Å². The Bertz CT molecular complexity index is 370. The van der Waals surface area contributed by atoms with Crippen molar-refractivity contribution in [3.8, 4) is 0 Å². The largest absolute Gasteiger partial charge is 0.387 e. The number of rotatable bonds is 1. The van der Waals surface area contributed by atoms with E-state index in [0.717, 1.165) is 29.7 Å². The first-order valence-electron chi connectivity index (χ1n) is 5.21. The van der Waals surface area contributed by atoms with E-state index in [-0.39, 0.29) is 6.10 Å². The van der Waals surface area contributed by atoms with E-state index in [0.29, 0.717) is 5.92 Å². The molecule has 76 valence electrons. The van der Waals surface area contributed by atoms with E-state index < -0.39 is 0 Å². The van der Waals surface area contributed by atoms with E-state index in [2.05, 4.69) is 25.5 Å². The van der Waals surface area contributed by atoms with Crippen molar-refractivity contribution in [2.24, 2.45) is 0 Å². The Hall–Kier alpha value is -0.350. The average molecular weight is 257 g/mol. The quantitative estimate of drug-likeness (QED) is 0.838. The van der Waals surface area contributed by atoms with Crippen LogP contribution in [0.25, 0.3) is 0 Å². The number of imidazole rings is 1. The van der Waals surface area contributed by atoms with Crippen LogP contribution in [0.1, 0.15) is 49.2 Å². The molecule has 1 fully saturated rings. The predicted octanol–water partition coefficient (Wildman–Crippen LogP) is 2.35. The molecule has 1 aliphatic heterocycles. The number of nitrogens with zero attached hydrogens (tertiary/aromatic N) is 2. The SMILES string of the molecule is OC1CCCn2c(C3CC3)nc(Br)c21. The highest BCUT2D eigenvalue weighted by molar-refractivity contribution is 9.10. The normalized spacial score (nSPS) is 26.3. The van der Waals surface area contributed by atoms with Gasteiger partial charge in [-0.1, -0.05) is 0 Å². The van der Waals surface area contributed by atoms with E-state index in [1.165, 1.54) is 18.7 Å². The summed E-state index contributed by atoms with van der Waals surface area (Å²) < 4.78 is 3.07. The molecule has 1 unspecified atom stereocenters. The second-order valence-corrected chi connectivity index (χ2v) is 4.98. The molecule has 1 aromatic rings. The van der Waals surface area contributed by atoms with Crippen molar-refractivity contribution >= 4 is 15.9 Å². The molecule has 2 aliphatic rings. The van der Waals surface area contributed by atoms with Gasteiger partial charge >= 0.3 is 0 Å². The minimum Gasteiger partial charge on any atom is -0.387 e. The van der Waals surface area contributed by atoms with Crippen molar-refractivity contribution in [3.63, 3.8) is 0 Å². The summed E-state index contributed by atoms with van der Waals surface area (Å²) in [6.07, 6.45) is 4.14. The predicted molar refractivity (Wildman–Crippen MR) is 56.1 cm³/mol. The van der Waals surface area contributed by atoms with Gasteiger partial charge in [-0.2, -0.15) is 0 Å². The van der Waals surface area contributed by atoms with Crippen LogP contribution >= 0.6 is 15.9 Å². The standard InChI is InChI=1S/C10H13BrN2O/c11-9-8-7(14)2-1-5-13(8)10(12-9)6-3-4-6/h6-7,14H,1-5H2. The number of aromatic nitrogens is 2. The van der Waals surface area contributed by atoms with Gasteiger partial charge in [0.15, 0.2) is 0 Å². The van der Waals surface area contributed by atoms with Gasteiger partial charge in [-0.05, 0) is 41.6 Å². The number of hydrogen-bond donors (Lipinski definition) is 1. The molecule has 0 spiro atoms. The highest BCUT2D eigenvalue weighted by atomic mass is 79.9. The summed E-state index contributed by atoms with van der Waals surface area (Å²) in [6.45, 7) is 1.02. The van der Waals surface area contributed by atoms with Crippen LogP contribution in [-0.2, 0) is 6.54 Å². The van der Waals surface area contributed by atoms with Gasteiger partial charge in [-0.25, -0.2) is 4.98 Å². The lowest BCUT2D eigenvalue weighted by Gasteiger charge is -2.21. The first kappa shape index (κ1) is 8.92. The van der Waals surface area contributed by atoms with E-state index in [4.69, 9.17) is 0 Å². The topological polar surface area (TPSA) is 38.0 Å². The minimum atomic E-state index is -0.321. The summed E-state index contributed by atoms with van der Waals surface area (Å²) >= 11 is 3.45. The number of hydrogen-bond acceptors (Lipinski definition) is 2. The zero-order valence-electron chi connectivity index (χ0n) is 7.91. The Morgan fingerprint density at radius 2 is 2.14 bits per heavy atom. The first-order valence-corrected chi connectivity index (χ1v) is 6.00. The summed E-state index contributed by atoms with van der Waals surface area (Å²) in [6, 6.07) is 0. The molecule has 3 rings (SSSR count). The van der Waals surface area contributed by atoms with Gasteiger partial charge < -0.3 is 9.67 Å². The van der Waals surface area contributed by atoms with Crippen molar-refractivity contribution in [1.82, 2.24) is 9.55 Å². The fourth-order valence-electron chi connectivity index (χ4n) is 2.24. The van der Waals surface area contributed by atoms with Gasteiger partial charge in [0.2, 0.25) is 0 Å². The Morgan fingerprint density at radius 3 is 2.86 bits per heavy atom. The first-order chi connectivity index (χ1) is 6.77. The van der Waals surface area contributed by atoms with Crippen LogP contribution in [0, 0.1) is 0 Å². The Morgan fingerprint density at radius 1 is 1.36 bits per heavy atom. The fraction of sp³-hybridized carbons (Fsp3) is 0.700. The molecule has 4 heteroatoms. The third kappa shape index (κ3) is 1.24. The lowest BCUT2D eigenvalue weighted by molar-refractivity contribution is 0.137.